The van der Waals surface area contributed by atoms with E-state index in [-0.39, 0.29) is 36.8 Å². The molecule has 2 N–H and O–H groups in total. The summed E-state index contributed by atoms with van der Waals surface area (Å²) in [6.45, 7) is 18.1. The molecule has 37 heavy (non-hydrogen) atoms. The average Bonchev–Trinajstić information content (AvgIpc) is 2.80. The highest BCUT2D eigenvalue weighted by atomic mass is 16.5. The van der Waals surface area contributed by atoms with Crippen molar-refractivity contribution in [2.75, 3.05) is 39.3 Å². The molecule has 2 atom stereocenters. The van der Waals surface area contributed by atoms with Crippen molar-refractivity contribution < 1.29 is 19.1 Å². The van der Waals surface area contributed by atoms with Crippen molar-refractivity contribution in [3.63, 3.8) is 0 Å². The summed E-state index contributed by atoms with van der Waals surface area (Å²) in [5.41, 5.74) is 2.54. The minimum atomic E-state index is -0.625. The third-order valence-corrected chi connectivity index (χ3v) is 6.57. The van der Waals surface area contributed by atoms with E-state index in [0.29, 0.717) is 37.4 Å². The fourth-order valence-electron chi connectivity index (χ4n) is 4.87. The molecule has 202 valence electrons. The highest BCUT2D eigenvalue weighted by Crippen LogP contribution is 2.33. The van der Waals surface area contributed by atoms with Crippen molar-refractivity contribution in [1.82, 2.24) is 25.3 Å². The number of amides is 4. The molecule has 1 fully saturated rings. The maximum absolute atomic E-state index is 13.4. The van der Waals surface area contributed by atoms with Crippen LogP contribution < -0.4 is 10.6 Å². The van der Waals surface area contributed by atoms with E-state index >= 15 is 0 Å². The molecule has 9 nitrogen and oxygen atoms in total. The highest BCUT2D eigenvalue weighted by Gasteiger charge is 2.40. The van der Waals surface area contributed by atoms with Gasteiger partial charge in [-0.15, -0.1) is 6.58 Å². The molecular weight excluding hydrogens is 470 g/mol. The number of carbonyl (C=O) groups is 3. The Balaban J connectivity index is 1.97. The zero-order valence-electron chi connectivity index (χ0n) is 23.0. The normalized spacial score (nSPS) is 21.0. The van der Waals surface area contributed by atoms with Gasteiger partial charge in [-0.25, -0.2) is 14.4 Å². The van der Waals surface area contributed by atoms with Crippen molar-refractivity contribution in [1.29, 1.82) is 0 Å². The van der Waals surface area contributed by atoms with E-state index in [4.69, 9.17) is 4.74 Å². The van der Waals surface area contributed by atoms with Crippen molar-refractivity contribution in [2.45, 2.75) is 59.2 Å². The zero-order chi connectivity index (χ0) is 27.3. The number of nitrogens with one attached hydrogen (secondary N) is 2. The standard InChI is InChI=1S/C28H41N5O4/c1-8-14-33-22(18-31-15-16-32(20(4)17-31)27(36)30-28(5,6)7)23(25(34)37-9-2)24(29-26(33)35)21-13-11-10-12-19(21)3/h8,10-13,20,24H,1,9,14-18H2,2-7H3,(H,29,35)(H,30,36)/t20-,24-/m0/s1. The van der Waals surface area contributed by atoms with Gasteiger partial charge in [0, 0.05) is 50.0 Å². The van der Waals surface area contributed by atoms with Crippen LogP contribution >= 0.6 is 0 Å². The van der Waals surface area contributed by atoms with E-state index in [1.807, 2.05) is 63.8 Å². The summed E-state index contributed by atoms with van der Waals surface area (Å²) in [5, 5.41) is 6.05. The summed E-state index contributed by atoms with van der Waals surface area (Å²) in [5.74, 6) is -0.448. The second-order valence-corrected chi connectivity index (χ2v) is 10.7. The summed E-state index contributed by atoms with van der Waals surface area (Å²) in [6.07, 6.45) is 1.65. The minimum absolute atomic E-state index is 0.0415. The molecule has 2 aliphatic rings. The van der Waals surface area contributed by atoms with Gasteiger partial charge in [0.2, 0.25) is 0 Å². The van der Waals surface area contributed by atoms with Gasteiger partial charge in [0.1, 0.15) is 0 Å². The van der Waals surface area contributed by atoms with Crippen LogP contribution in [0.3, 0.4) is 0 Å². The predicted molar refractivity (Wildman–Crippen MR) is 144 cm³/mol. The number of nitrogens with zero attached hydrogens (tertiary/aromatic N) is 3. The van der Waals surface area contributed by atoms with Crippen LogP contribution in [-0.4, -0.2) is 83.6 Å². The monoisotopic (exact) mass is 511 g/mol. The van der Waals surface area contributed by atoms with E-state index in [2.05, 4.69) is 22.1 Å². The molecule has 9 heteroatoms. The molecule has 0 radical (unpaired) electrons. The quantitative estimate of drug-likeness (QED) is 0.431. The van der Waals surface area contributed by atoms with E-state index < -0.39 is 12.0 Å². The molecule has 1 saturated heterocycles. The number of benzene rings is 1. The summed E-state index contributed by atoms with van der Waals surface area (Å²) >= 11 is 0. The van der Waals surface area contributed by atoms with Gasteiger partial charge >= 0.3 is 18.0 Å². The number of carbonyl (C=O) groups excluding carboxylic acids is 3. The fraction of sp³-hybridized carbons (Fsp3) is 0.536. The second-order valence-electron chi connectivity index (χ2n) is 10.7. The van der Waals surface area contributed by atoms with Gasteiger partial charge in [-0.1, -0.05) is 30.3 Å². The van der Waals surface area contributed by atoms with Crippen LogP contribution in [0.25, 0.3) is 0 Å². The molecule has 0 aliphatic carbocycles. The van der Waals surface area contributed by atoms with E-state index in [1.165, 1.54) is 0 Å². The predicted octanol–water partition coefficient (Wildman–Crippen LogP) is 3.58. The smallest absolute Gasteiger partial charge is 0.338 e. The van der Waals surface area contributed by atoms with Gasteiger partial charge in [0.25, 0.3) is 0 Å². The van der Waals surface area contributed by atoms with Crippen LogP contribution in [0.2, 0.25) is 0 Å². The molecule has 2 aliphatic heterocycles. The molecule has 0 unspecified atom stereocenters. The third-order valence-electron chi connectivity index (χ3n) is 6.57. The lowest BCUT2D eigenvalue weighted by molar-refractivity contribution is -0.139. The van der Waals surface area contributed by atoms with Crippen LogP contribution in [0, 0.1) is 6.92 Å². The van der Waals surface area contributed by atoms with Crippen molar-refractivity contribution >= 4 is 18.0 Å². The molecule has 0 saturated carbocycles. The lowest BCUT2D eigenvalue weighted by atomic mass is 9.91. The van der Waals surface area contributed by atoms with Crippen LogP contribution in [0.4, 0.5) is 9.59 Å². The van der Waals surface area contributed by atoms with Gasteiger partial charge in [0.15, 0.2) is 0 Å². The number of rotatable bonds is 7. The minimum Gasteiger partial charge on any atom is -0.463 e. The first-order chi connectivity index (χ1) is 17.5. The molecule has 1 aromatic rings. The Kier molecular flexibility index (Phi) is 9.02. The molecular formula is C28H41N5O4. The summed E-state index contributed by atoms with van der Waals surface area (Å²) in [4.78, 5) is 45.1. The summed E-state index contributed by atoms with van der Waals surface area (Å²) < 4.78 is 5.49. The maximum atomic E-state index is 13.4. The molecule has 1 aromatic carbocycles. The number of hydrogen-bond acceptors (Lipinski definition) is 5. The first-order valence-corrected chi connectivity index (χ1v) is 12.9. The molecule has 4 amide bonds. The van der Waals surface area contributed by atoms with Crippen LogP contribution in [0.5, 0.6) is 0 Å². The summed E-state index contributed by atoms with van der Waals surface area (Å²) in [6, 6.07) is 6.68. The lowest BCUT2D eigenvalue weighted by Crippen LogP contribution is -2.59. The van der Waals surface area contributed by atoms with Crippen molar-refractivity contribution in [3.05, 3.63) is 59.3 Å². The molecule has 3 rings (SSSR count). The van der Waals surface area contributed by atoms with Gasteiger partial charge in [-0.2, -0.15) is 0 Å². The number of hydrogen-bond donors (Lipinski definition) is 2. The topological polar surface area (TPSA) is 94.2 Å². The first-order valence-electron chi connectivity index (χ1n) is 12.9. The molecule has 0 spiro atoms. The Hall–Kier alpha value is -3.33. The first kappa shape index (κ1) is 28.2. The Labute approximate surface area is 220 Å². The maximum Gasteiger partial charge on any atom is 0.338 e. The molecule has 0 aromatic heterocycles. The van der Waals surface area contributed by atoms with Gasteiger partial charge in [-0.05, 0) is 52.7 Å². The van der Waals surface area contributed by atoms with Crippen molar-refractivity contribution in [3.8, 4) is 0 Å². The SMILES string of the molecule is C=CCN1C(=O)N[C@@H](c2ccccc2C)C(C(=O)OCC)=C1CN1CCN(C(=O)NC(C)(C)C)[C@@H](C)C1. The lowest BCUT2D eigenvalue weighted by Gasteiger charge is -2.43. The molecule has 2 heterocycles. The summed E-state index contributed by atoms with van der Waals surface area (Å²) in [7, 11) is 0. The number of piperazine rings is 1. The number of esters is 1. The van der Waals surface area contributed by atoms with Gasteiger partial charge < -0.3 is 20.3 Å². The highest BCUT2D eigenvalue weighted by molar-refractivity contribution is 5.95. The molecule has 0 bridgehead atoms. The van der Waals surface area contributed by atoms with Crippen molar-refractivity contribution in [2.24, 2.45) is 0 Å². The van der Waals surface area contributed by atoms with Gasteiger partial charge in [0.05, 0.1) is 18.2 Å². The Bertz CT molecular complexity index is 1060. The third kappa shape index (κ3) is 6.71. The Morgan fingerprint density at radius 1 is 1.24 bits per heavy atom. The zero-order valence-corrected chi connectivity index (χ0v) is 23.0. The van der Waals surface area contributed by atoms with E-state index in [1.54, 1.807) is 17.9 Å². The fourth-order valence-corrected chi connectivity index (χ4v) is 4.87. The average molecular weight is 512 g/mol. The van der Waals surface area contributed by atoms with E-state index in [9.17, 15) is 14.4 Å². The van der Waals surface area contributed by atoms with Crippen LogP contribution in [-0.2, 0) is 9.53 Å². The Morgan fingerprint density at radius 2 is 1.95 bits per heavy atom. The van der Waals surface area contributed by atoms with Gasteiger partial charge in [-0.3, -0.25) is 9.80 Å². The number of ether oxygens (including phenoxy) is 1. The van der Waals surface area contributed by atoms with Crippen LogP contribution in [0.15, 0.2) is 48.2 Å². The number of urea groups is 2. The van der Waals surface area contributed by atoms with Crippen LogP contribution in [0.1, 0.15) is 51.8 Å². The van der Waals surface area contributed by atoms with E-state index in [0.717, 1.165) is 11.1 Å². The largest absolute Gasteiger partial charge is 0.463 e. The second kappa shape index (κ2) is 11.8. The Morgan fingerprint density at radius 3 is 2.54 bits per heavy atom. The number of aryl methyl sites for hydroxylation is 1.